The Morgan fingerprint density at radius 3 is 2.53 bits per heavy atom. The molecule has 0 radical (unpaired) electrons. The van der Waals surface area contributed by atoms with Crippen LogP contribution in [0.25, 0.3) is 0 Å². The van der Waals surface area contributed by atoms with Gasteiger partial charge in [-0.1, -0.05) is 32.9 Å². The number of benzene rings is 1. The van der Waals surface area contributed by atoms with Gasteiger partial charge in [0.05, 0.1) is 5.56 Å². The molecule has 0 aromatic heterocycles. The van der Waals surface area contributed by atoms with E-state index in [9.17, 15) is 4.79 Å². The molecule has 2 unspecified atom stereocenters. The number of rotatable bonds is 4. The Hall–Kier alpha value is -1.51. The Labute approximate surface area is 116 Å². The second kappa shape index (κ2) is 6.09. The van der Waals surface area contributed by atoms with Crippen molar-refractivity contribution in [2.75, 3.05) is 25.0 Å². The van der Waals surface area contributed by atoms with Crippen LogP contribution in [0.3, 0.4) is 0 Å². The molecule has 1 amide bonds. The average molecular weight is 260 g/mol. The van der Waals surface area contributed by atoms with E-state index in [1.807, 2.05) is 29.2 Å². The van der Waals surface area contributed by atoms with E-state index >= 15 is 0 Å². The van der Waals surface area contributed by atoms with Crippen molar-refractivity contribution in [3.63, 3.8) is 0 Å². The molecule has 0 aliphatic carbocycles. The van der Waals surface area contributed by atoms with Gasteiger partial charge in [-0.05, 0) is 30.4 Å². The van der Waals surface area contributed by atoms with Crippen LogP contribution in [0.4, 0.5) is 5.69 Å². The number of amides is 1. The summed E-state index contributed by atoms with van der Waals surface area (Å²) in [6.45, 7) is 9.22. The molecule has 2 rings (SSSR count). The Kier molecular flexibility index (Phi) is 4.46. The number of anilines is 1. The third kappa shape index (κ3) is 3.09. The molecule has 1 aliphatic rings. The predicted molar refractivity (Wildman–Crippen MR) is 79.5 cm³/mol. The maximum absolute atomic E-state index is 12.6. The normalized spacial score (nSPS) is 22.6. The van der Waals surface area contributed by atoms with Crippen molar-refractivity contribution in [1.82, 2.24) is 4.90 Å². The standard InChI is InChI=1S/C16H24N2O/c1-4-9-17-15-8-6-5-7-14(15)16(19)18-10-12(2)13(3)11-18/h5-8,12-13,17H,4,9-11H2,1-3H3. The Bertz CT molecular complexity index is 434. The number of nitrogens with zero attached hydrogens (tertiary/aromatic N) is 1. The van der Waals surface area contributed by atoms with Crippen LogP contribution < -0.4 is 5.32 Å². The van der Waals surface area contributed by atoms with Crippen LogP contribution in [0.5, 0.6) is 0 Å². The molecule has 3 nitrogen and oxygen atoms in total. The third-order valence-electron chi connectivity index (χ3n) is 4.00. The van der Waals surface area contributed by atoms with E-state index in [1.165, 1.54) is 0 Å². The number of carbonyl (C=O) groups is 1. The molecule has 104 valence electrons. The van der Waals surface area contributed by atoms with Crippen LogP contribution in [0, 0.1) is 11.8 Å². The molecule has 0 saturated carbocycles. The molecule has 1 heterocycles. The molecule has 3 heteroatoms. The minimum Gasteiger partial charge on any atom is -0.384 e. The Morgan fingerprint density at radius 1 is 1.26 bits per heavy atom. The van der Waals surface area contributed by atoms with Crippen molar-refractivity contribution < 1.29 is 4.79 Å². The molecular weight excluding hydrogens is 236 g/mol. The first kappa shape index (κ1) is 13.9. The fourth-order valence-electron chi connectivity index (χ4n) is 2.55. The lowest BCUT2D eigenvalue weighted by atomic mass is 10.0. The van der Waals surface area contributed by atoms with E-state index in [-0.39, 0.29) is 5.91 Å². The van der Waals surface area contributed by atoms with Crippen molar-refractivity contribution in [2.45, 2.75) is 27.2 Å². The lowest BCUT2D eigenvalue weighted by Crippen LogP contribution is -2.29. The molecule has 1 aromatic carbocycles. The van der Waals surface area contributed by atoms with E-state index in [2.05, 4.69) is 26.1 Å². The van der Waals surface area contributed by atoms with Gasteiger partial charge in [0.15, 0.2) is 0 Å². The van der Waals surface area contributed by atoms with Gasteiger partial charge in [-0.25, -0.2) is 0 Å². The van der Waals surface area contributed by atoms with Gasteiger partial charge >= 0.3 is 0 Å². The largest absolute Gasteiger partial charge is 0.384 e. The zero-order valence-corrected chi connectivity index (χ0v) is 12.1. The molecule has 1 aromatic rings. The summed E-state index contributed by atoms with van der Waals surface area (Å²) in [6, 6.07) is 7.83. The number of carbonyl (C=O) groups excluding carboxylic acids is 1. The van der Waals surface area contributed by atoms with E-state index < -0.39 is 0 Å². The van der Waals surface area contributed by atoms with Gasteiger partial charge in [0.25, 0.3) is 5.91 Å². The monoisotopic (exact) mass is 260 g/mol. The van der Waals surface area contributed by atoms with Crippen molar-refractivity contribution in [3.8, 4) is 0 Å². The fourth-order valence-corrected chi connectivity index (χ4v) is 2.55. The van der Waals surface area contributed by atoms with Crippen molar-refractivity contribution in [3.05, 3.63) is 29.8 Å². The zero-order valence-electron chi connectivity index (χ0n) is 12.1. The first-order valence-electron chi connectivity index (χ1n) is 7.25. The first-order valence-corrected chi connectivity index (χ1v) is 7.25. The highest BCUT2D eigenvalue weighted by atomic mass is 16.2. The Balaban J connectivity index is 2.15. The second-order valence-electron chi connectivity index (χ2n) is 5.64. The quantitative estimate of drug-likeness (QED) is 0.901. The zero-order chi connectivity index (χ0) is 13.8. The molecule has 0 spiro atoms. The van der Waals surface area contributed by atoms with Crippen LogP contribution in [0.1, 0.15) is 37.6 Å². The lowest BCUT2D eigenvalue weighted by molar-refractivity contribution is 0.0786. The van der Waals surface area contributed by atoms with E-state index in [0.29, 0.717) is 11.8 Å². The molecular formula is C16H24N2O. The van der Waals surface area contributed by atoms with Crippen molar-refractivity contribution >= 4 is 11.6 Å². The van der Waals surface area contributed by atoms with Gasteiger partial charge in [-0.15, -0.1) is 0 Å². The summed E-state index contributed by atoms with van der Waals surface area (Å²) in [4.78, 5) is 14.6. The van der Waals surface area contributed by atoms with E-state index in [0.717, 1.165) is 37.3 Å². The van der Waals surface area contributed by atoms with E-state index in [4.69, 9.17) is 0 Å². The highest BCUT2D eigenvalue weighted by molar-refractivity contribution is 5.99. The van der Waals surface area contributed by atoms with Gasteiger partial charge in [0.2, 0.25) is 0 Å². The molecule has 1 fully saturated rings. The highest BCUT2D eigenvalue weighted by Crippen LogP contribution is 2.25. The molecule has 0 bridgehead atoms. The smallest absolute Gasteiger partial charge is 0.255 e. The topological polar surface area (TPSA) is 32.3 Å². The summed E-state index contributed by atoms with van der Waals surface area (Å²) in [6.07, 6.45) is 1.06. The van der Waals surface area contributed by atoms with Gasteiger partial charge in [-0.2, -0.15) is 0 Å². The second-order valence-corrected chi connectivity index (χ2v) is 5.64. The summed E-state index contributed by atoms with van der Waals surface area (Å²) >= 11 is 0. The molecule has 2 atom stereocenters. The third-order valence-corrected chi connectivity index (χ3v) is 4.00. The summed E-state index contributed by atoms with van der Waals surface area (Å²) < 4.78 is 0. The molecule has 1 aliphatic heterocycles. The summed E-state index contributed by atoms with van der Waals surface area (Å²) in [5.41, 5.74) is 1.76. The minimum atomic E-state index is 0.162. The number of para-hydroxylation sites is 1. The summed E-state index contributed by atoms with van der Waals surface area (Å²) in [7, 11) is 0. The fraction of sp³-hybridized carbons (Fsp3) is 0.562. The predicted octanol–water partition coefficient (Wildman–Crippen LogP) is 3.24. The molecule has 1 saturated heterocycles. The number of nitrogens with one attached hydrogen (secondary N) is 1. The van der Waals surface area contributed by atoms with Gasteiger partial charge < -0.3 is 10.2 Å². The minimum absolute atomic E-state index is 0.162. The summed E-state index contributed by atoms with van der Waals surface area (Å²) in [5, 5.41) is 3.34. The van der Waals surface area contributed by atoms with Crippen molar-refractivity contribution in [1.29, 1.82) is 0 Å². The van der Waals surface area contributed by atoms with Crippen LogP contribution >= 0.6 is 0 Å². The number of hydrogen-bond donors (Lipinski definition) is 1. The van der Waals surface area contributed by atoms with Gasteiger partial charge in [-0.3, -0.25) is 4.79 Å². The van der Waals surface area contributed by atoms with Crippen LogP contribution in [0.15, 0.2) is 24.3 Å². The highest BCUT2D eigenvalue weighted by Gasteiger charge is 2.30. The van der Waals surface area contributed by atoms with Crippen LogP contribution in [-0.2, 0) is 0 Å². The summed E-state index contributed by atoms with van der Waals surface area (Å²) in [5.74, 6) is 1.36. The lowest BCUT2D eigenvalue weighted by Gasteiger charge is -2.18. The van der Waals surface area contributed by atoms with Crippen molar-refractivity contribution in [2.24, 2.45) is 11.8 Å². The molecule has 1 N–H and O–H groups in total. The van der Waals surface area contributed by atoms with E-state index in [1.54, 1.807) is 0 Å². The first-order chi connectivity index (χ1) is 9.13. The maximum Gasteiger partial charge on any atom is 0.255 e. The Morgan fingerprint density at radius 2 is 1.89 bits per heavy atom. The number of likely N-dealkylation sites (tertiary alicyclic amines) is 1. The van der Waals surface area contributed by atoms with Gasteiger partial charge in [0.1, 0.15) is 0 Å². The number of hydrogen-bond acceptors (Lipinski definition) is 2. The van der Waals surface area contributed by atoms with Gasteiger partial charge in [0, 0.05) is 25.3 Å². The average Bonchev–Trinajstić information content (AvgIpc) is 2.76. The molecule has 19 heavy (non-hydrogen) atoms. The van der Waals surface area contributed by atoms with Crippen LogP contribution in [0.2, 0.25) is 0 Å². The SMILES string of the molecule is CCCNc1ccccc1C(=O)N1CC(C)C(C)C1. The maximum atomic E-state index is 12.6. The van der Waals surface area contributed by atoms with Crippen LogP contribution in [-0.4, -0.2) is 30.4 Å².